The van der Waals surface area contributed by atoms with Crippen LogP contribution < -0.4 is 0 Å². The van der Waals surface area contributed by atoms with Crippen LogP contribution in [0, 0.1) is 0 Å². The topological polar surface area (TPSA) is 0 Å². The van der Waals surface area contributed by atoms with Crippen LogP contribution in [0.3, 0.4) is 0 Å². The SMILES string of the molecule is C/C(Cl)=C(\Cl)C(F)(F)F.CC. The molecule has 0 aliphatic heterocycles. The van der Waals surface area contributed by atoms with E-state index in [1.807, 2.05) is 13.8 Å². The van der Waals surface area contributed by atoms with Crippen LogP contribution in [0.25, 0.3) is 0 Å². The van der Waals surface area contributed by atoms with Crippen LogP contribution in [0.2, 0.25) is 0 Å². The summed E-state index contributed by atoms with van der Waals surface area (Å²) < 4.78 is 34.3. The van der Waals surface area contributed by atoms with Gasteiger partial charge in [0.05, 0.1) is 0 Å². The first kappa shape index (κ1) is 13.7. The van der Waals surface area contributed by atoms with Crippen molar-refractivity contribution in [1.29, 1.82) is 0 Å². The lowest BCUT2D eigenvalue weighted by molar-refractivity contribution is -0.0848. The number of alkyl halides is 3. The Balaban J connectivity index is 0. The number of hydrogen-bond donors (Lipinski definition) is 0. The van der Waals surface area contributed by atoms with Crippen LogP contribution in [0.5, 0.6) is 0 Å². The first-order valence-corrected chi connectivity index (χ1v) is 3.70. The van der Waals surface area contributed by atoms with Crippen LogP contribution in [-0.2, 0) is 0 Å². The van der Waals surface area contributed by atoms with Gasteiger partial charge in [-0.25, -0.2) is 0 Å². The van der Waals surface area contributed by atoms with E-state index in [0.717, 1.165) is 6.92 Å². The first-order valence-electron chi connectivity index (χ1n) is 2.94. The molecule has 0 rings (SSSR count). The number of rotatable bonds is 0. The van der Waals surface area contributed by atoms with Gasteiger partial charge in [0.1, 0.15) is 5.03 Å². The molecule has 11 heavy (non-hydrogen) atoms. The van der Waals surface area contributed by atoms with Gasteiger partial charge in [-0.15, -0.1) is 0 Å². The van der Waals surface area contributed by atoms with E-state index >= 15 is 0 Å². The lowest BCUT2D eigenvalue weighted by Gasteiger charge is -2.03. The summed E-state index contributed by atoms with van der Waals surface area (Å²) in [5, 5.41) is -1.70. The largest absolute Gasteiger partial charge is 0.428 e. The Morgan fingerprint density at radius 3 is 1.36 bits per heavy atom. The van der Waals surface area contributed by atoms with Gasteiger partial charge in [-0.2, -0.15) is 13.2 Å². The number of hydrogen-bond acceptors (Lipinski definition) is 0. The van der Waals surface area contributed by atoms with Crippen molar-refractivity contribution < 1.29 is 13.2 Å². The third-order valence-corrected chi connectivity index (χ3v) is 1.33. The monoisotopic (exact) mass is 208 g/mol. The second-order valence-corrected chi connectivity index (χ2v) is 2.29. The van der Waals surface area contributed by atoms with E-state index in [9.17, 15) is 13.2 Å². The molecule has 0 saturated heterocycles. The molecule has 0 fully saturated rings. The molecule has 0 spiro atoms. The van der Waals surface area contributed by atoms with Crippen molar-refractivity contribution in [2.75, 3.05) is 0 Å². The summed E-state index contributed by atoms with van der Waals surface area (Å²) >= 11 is 9.66. The fourth-order valence-corrected chi connectivity index (χ4v) is 0.302. The van der Waals surface area contributed by atoms with Crippen LogP contribution >= 0.6 is 23.2 Å². The lowest BCUT2D eigenvalue weighted by atomic mass is 10.5. The van der Waals surface area contributed by atoms with Crippen LogP contribution in [-0.4, -0.2) is 6.18 Å². The van der Waals surface area contributed by atoms with E-state index in [1.165, 1.54) is 0 Å². The highest BCUT2D eigenvalue weighted by atomic mass is 35.5. The molecule has 0 aromatic heterocycles. The summed E-state index contributed by atoms with van der Waals surface area (Å²) in [6.07, 6.45) is -4.51. The highest BCUT2D eigenvalue weighted by molar-refractivity contribution is 6.39. The third kappa shape index (κ3) is 6.51. The van der Waals surface area contributed by atoms with Gasteiger partial charge in [0, 0.05) is 5.03 Å². The maximum absolute atomic E-state index is 11.4. The van der Waals surface area contributed by atoms with Crippen LogP contribution in [0.15, 0.2) is 10.1 Å². The van der Waals surface area contributed by atoms with Gasteiger partial charge in [-0.05, 0) is 6.92 Å². The van der Waals surface area contributed by atoms with E-state index in [-0.39, 0.29) is 0 Å². The minimum absolute atomic E-state index is 0.441. The highest BCUT2D eigenvalue weighted by Gasteiger charge is 2.33. The smallest absolute Gasteiger partial charge is 0.165 e. The quantitative estimate of drug-likeness (QED) is 0.558. The average Bonchev–Trinajstić information content (AvgIpc) is 1.89. The Kier molecular flexibility index (Phi) is 7.12. The van der Waals surface area contributed by atoms with Crippen molar-refractivity contribution in [2.24, 2.45) is 0 Å². The maximum atomic E-state index is 11.4. The summed E-state index contributed by atoms with van der Waals surface area (Å²) in [6.45, 7) is 5.08. The molecule has 0 nitrogen and oxygen atoms in total. The standard InChI is InChI=1S/C4H3Cl2F3.C2H6/c1-2(5)3(6)4(7,8)9;1-2/h1H3;1-2H3/b3-2+;. The van der Waals surface area contributed by atoms with Crippen LogP contribution in [0.4, 0.5) is 13.2 Å². The van der Waals surface area contributed by atoms with Crippen molar-refractivity contribution in [3.63, 3.8) is 0 Å². The second kappa shape index (κ2) is 5.72. The van der Waals surface area contributed by atoms with Gasteiger partial charge in [0.15, 0.2) is 0 Å². The Morgan fingerprint density at radius 1 is 1.09 bits per heavy atom. The second-order valence-electron chi connectivity index (χ2n) is 1.35. The molecule has 0 amide bonds. The number of halogens is 5. The molecule has 0 N–H and O–H groups in total. The van der Waals surface area contributed by atoms with Crippen molar-refractivity contribution in [3.05, 3.63) is 10.1 Å². The van der Waals surface area contributed by atoms with Gasteiger partial charge in [0.25, 0.3) is 0 Å². The molecule has 0 unspecified atom stereocenters. The zero-order valence-corrected chi connectivity index (χ0v) is 7.90. The lowest BCUT2D eigenvalue weighted by Crippen LogP contribution is -2.07. The molecule has 0 aromatic carbocycles. The summed E-state index contributed by atoms with van der Waals surface area (Å²) in [5.41, 5.74) is 0. The normalized spacial score (nSPS) is 13.1. The summed E-state index contributed by atoms with van der Waals surface area (Å²) in [7, 11) is 0. The molecule has 0 atom stereocenters. The molecule has 5 heteroatoms. The minimum Gasteiger partial charge on any atom is -0.165 e. The van der Waals surface area contributed by atoms with E-state index in [1.54, 1.807) is 0 Å². The average molecular weight is 209 g/mol. The van der Waals surface area contributed by atoms with Crippen molar-refractivity contribution in [1.82, 2.24) is 0 Å². The predicted octanol–water partition coefficient (Wildman–Crippen LogP) is 4.28. The van der Waals surface area contributed by atoms with E-state index in [2.05, 4.69) is 0 Å². The molecule has 0 aromatic rings. The fourth-order valence-electron chi connectivity index (χ4n) is 0.195. The zero-order chi connectivity index (χ0) is 9.65. The van der Waals surface area contributed by atoms with Gasteiger partial charge >= 0.3 is 6.18 Å². The maximum Gasteiger partial charge on any atom is 0.428 e. The van der Waals surface area contributed by atoms with Gasteiger partial charge in [-0.3, -0.25) is 0 Å². The van der Waals surface area contributed by atoms with Crippen molar-refractivity contribution in [2.45, 2.75) is 26.9 Å². The Hall–Kier alpha value is 0.110. The molecular formula is C6H9Cl2F3. The molecular weight excluding hydrogens is 200 g/mol. The minimum atomic E-state index is -4.51. The Morgan fingerprint density at radius 2 is 1.36 bits per heavy atom. The molecule has 0 aliphatic carbocycles. The van der Waals surface area contributed by atoms with E-state index < -0.39 is 16.2 Å². The Bertz CT molecular complexity index is 133. The van der Waals surface area contributed by atoms with Gasteiger partial charge in [-0.1, -0.05) is 37.0 Å². The van der Waals surface area contributed by atoms with Crippen LogP contribution in [0.1, 0.15) is 20.8 Å². The zero-order valence-electron chi connectivity index (χ0n) is 6.39. The van der Waals surface area contributed by atoms with Gasteiger partial charge in [0.2, 0.25) is 0 Å². The van der Waals surface area contributed by atoms with Crippen molar-refractivity contribution in [3.8, 4) is 0 Å². The van der Waals surface area contributed by atoms with Gasteiger partial charge < -0.3 is 0 Å². The first-order chi connectivity index (χ1) is 4.85. The summed E-state index contributed by atoms with van der Waals surface area (Å²) in [5.74, 6) is 0. The third-order valence-electron chi connectivity index (χ3n) is 0.551. The Labute approximate surface area is 74.0 Å². The molecule has 0 heterocycles. The summed E-state index contributed by atoms with van der Waals surface area (Å²) in [6, 6.07) is 0. The number of allylic oxidation sites excluding steroid dienone is 2. The predicted molar refractivity (Wildman–Crippen MR) is 41.8 cm³/mol. The summed E-state index contributed by atoms with van der Waals surface area (Å²) in [4.78, 5) is 0. The van der Waals surface area contributed by atoms with E-state index in [4.69, 9.17) is 23.2 Å². The molecule has 0 saturated carbocycles. The molecule has 0 aliphatic rings. The highest BCUT2D eigenvalue weighted by Crippen LogP contribution is 2.32. The molecule has 0 radical (unpaired) electrons. The fraction of sp³-hybridized carbons (Fsp3) is 0.667. The van der Waals surface area contributed by atoms with Crippen molar-refractivity contribution >= 4 is 23.2 Å². The molecule has 68 valence electrons. The van der Waals surface area contributed by atoms with E-state index in [0.29, 0.717) is 0 Å². The molecule has 0 bridgehead atoms.